The zero-order valence-electron chi connectivity index (χ0n) is 7.87. The van der Waals surface area contributed by atoms with Crippen molar-refractivity contribution in [3.05, 3.63) is 53.3 Å². The highest BCUT2D eigenvalue weighted by molar-refractivity contribution is 6.30. The zero-order valence-corrected chi connectivity index (χ0v) is 8.63. The smallest absolute Gasteiger partial charge is 0.125 e. The van der Waals surface area contributed by atoms with E-state index in [-0.39, 0.29) is 5.82 Å². The van der Waals surface area contributed by atoms with Crippen molar-refractivity contribution < 1.29 is 4.39 Å². The first-order chi connectivity index (χ1) is 7.15. The van der Waals surface area contributed by atoms with E-state index in [1.54, 1.807) is 18.2 Å². The average Bonchev–Trinajstić information content (AvgIpc) is 2.17. The molecule has 0 saturated carbocycles. The van der Waals surface area contributed by atoms with Gasteiger partial charge in [0.1, 0.15) is 5.82 Å². The lowest BCUT2D eigenvalue weighted by Crippen LogP contribution is -1.88. The van der Waals surface area contributed by atoms with Gasteiger partial charge in [-0.3, -0.25) is 0 Å². The molecule has 0 amide bonds. The summed E-state index contributed by atoms with van der Waals surface area (Å²) in [4.78, 5) is 0. The molecule has 0 heterocycles. The standard InChI is InChI=1S/C12H9ClFN/c13-10-3-1-8(2-4-10)9-5-11(14)7-12(15)6-9/h1-7H,15H2. The summed E-state index contributed by atoms with van der Waals surface area (Å²) in [7, 11) is 0. The van der Waals surface area contributed by atoms with Gasteiger partial charge in [0.2, 0.25) is 0 Å². The minimum atomic E-state index is -0.333. The van der Waals surface area contributed by atoms with Gasteiger partial charge in [0.05, 0.1) is 0 Å². The molecule has 1 nitrogen and oxygen atoms in total. The molecule has 0 spiro atoms. The van der Waals surface area contributed by atoms with Crippen LogP contribution in [0, 0.1) is 5.82 Å². The van der Waals surface area contributed by atoms with E-state index in [9.17, 15) is 4.39 Å². The van der Waals surface area contributed by atoms with Crippen LogP contribution in [0.25, 0.3) is 11.1 Å². The van der Waals surface area contributed by atoms with Crippen LogP contribution in [0.5, 0.6) is 0 Å². The monoisotopic (exact) mass is 221 g/mol. The third-order valence-electron chi connectivity index (χ3n) is 2.10. The summed E-state index contributed by atoms with van der Waals surface area (Å²) in [5, 5.41) is 0.656. The number of nitrogen functional groups attached to an aromatic ring is 1. The summed E-state index contributed by atoms with van der Waals surface area (Å²) < 4.78 is 13.1. The molecule has 2 N–H and O–H groups in total. The number of benzene rings is 2. The van der Waals surface area contributed by atoms with Crippen LogP contribution in [0.2, 0.25) is 5.02 Å². The van der Waals surface area contributed by atoms with E-state index in [4.69, 9.17) is 17.3 Å². The van der Waals surface area contributed by atoms with Gasteiger partial charge in [0.15, 0.2) is 0 Å². The second-order valence-corrected chi connectivity index (χ2v) is 3.72. The summed E-state index contributed by atoms with van der Waals surface area (Å²) in [5.41, 5.74) is 7.63. The summed E-state index contributed by atoms with van der Waals surface area (Å²) >= 11 is 5.76. The molecular formula is C12H9ClFN. The number of hydrogen-bond donors (Lipinski definition) is 1. The zero-order chi connectivity index (χ0) is 10.8. The van der Waals surface area contributed by atoms with Crippen molar-refractivity contribution in [2.75, 3.05) is 5.73 Å². The van der Waals surface area contributed by atoms with Crippen LogP contribution < -0.4 is 5.73 Å². The SMILES string of the molecule is Nc1cc(F)cc(-c2ccc(Cl)cc2)c1. The van der Waals surface area contributed by atoms with Crippen molar-refractivity contribution in [2.45, 2.75) is 0 Å². The Kier molecular flexibility index (Phi) is 2.60. The fraction of sp³-hybridized carbons (Fsp3) is 0. The molecule has 2 rings (SSSR count). The number of rotatable bonds is 1. The molecule has 0 aliphatic rings. The Bertz CT molecular complexity index is 459. The number of halogens is 2. The van der Waals surface area contributed by atoms with Crippen LogP contribution in [0.4, 0.5) is 10.1 Å². The van der Waals surface area contributed by atoms with Crippen LogP contribution in [-0.2, 0) is 0 Å². The molecule has 0 aromatic heterocycles. The van der Waals surface area contributed by atoms with Crippen molar-refractivity contribution >= 4 is 17.3 Å². The van der Waals surface area contributed by atoms with Crippen molar-refractivity contribution in [1.29, 1.82) is 0 Å². The molecule has 76 valence electrons. The maximum Gasteiger partial charge on any atom is 0.125 e. The van der Waals surface area contributed by atoms with E-state index in [1.807, 2.05) is 12.1 Å². The molecule has 0 aliphatic heterocycles. The summed E-state index contributed by atoms with van der Waals surface area (Å²) in [6.07, 6.45) is 0. The van der Waals surface area contributed by atoms with E-state index < -0.39 is 0 Å². The van der Waals surface area contributed by atoms with Crippen LogP contribution in [0.3, 0.4) is 0 Å². The summed E-state index contributed by atoms with van der Waals surface area (Å²) in [6, 6.07) is 11.6. The van der Waals surface area contributed by atoms with Crippen molar-refractivity contribution in [3.63, 3.8) is 0 Å². The molecule has 0 atom stereocenters. The van der Waals surface area contributed by atoms with Gasteiger partial charge in [0, 0.05) is 10.7 Å². The lowest BCUT2D eigenvalue weighted by molar-refractivity contribution is 0.629. The van der Waals surface area contributed by atoms with E-state index in [1.165, 1.54) is 12.1 Å². The number of hydrogen-bond acceptors (Lipinski definition) is 1. The number of anilines is 1. The number of nitrogens with two attached hydrogens (primary N) is 1. The largest absolute Gasteiger partial charge is 0.399 e. The van der Waals surface area contributed by atoms with Crippen LogP contribution in [0.15, 0.2) is 42.5 Å². The first-order valence-corrected chi connectivity index (χ1v) is 4.85. The van der Waals surface area contributed by atoms with E-state index in [0.29, 0.717) is 10.7 Å². The van der Waals surface area contributed by atoms with Gasteiger partial charge in [-0.05, 0) is 41.5 Å². The van der Waals surface area contributed by atoms with Gasteiger partial charge in [-0.15, -0.1) is 0 Å². The van der Waals surface area contributed by atoms with Crippen LogP contribution in [-0.4, -0.2) is 0 Å². The molecule has 0 fully saturated rings. The lowest BCUT2D eigenvalue weighted by atomic mass is 10.1. The fourth-order valence-electron chi connectivity index (χ4n) is 1.42. The molecule has 0 unspecified atom stereocenters. The second kappa shape index (κ2) is 3.91. The molecule has 2 aromatic rings. The molecular weight excluding hydrogens is 213 g/mol. The van der Waals surface area contributed by atoms with Crippen molar-refractivity contribution in [3.8, 4) is 11.1 Å². The summed E-state index contributed by atoms with van der Waals surface area (Å²) in [5.74, 6) is -0.333. The topological polar surface area (TPSA) is 26.0 Å². The molecule has 0 saturated heterocycles. The highest BCUT2D eigenvalue weighted by atomic mass is 35.5. The predicted octanol–water partition coefficient (Wildman–Crippen LogP) is 3.73. The normalized spacial score (nSPS) is 10.3. The molecule has 0 radical (unpaired) electrons. The maximum absolute atomic E-state index is 13.1. The third-order valence-corrected chi connectivity index (χ3v) is 2.35. The highest BCUT2D eigenvalue weighted by Crippen LogP contribution is 2.24. The third kappa shape index (κ3) is 2.28. The average molecular weight is 222 g/mol. The second-order valence-electron chi connectivity index (χ2n) is 3.28. The Hall–Kier alpha value is -1.54. The van der Waals surface area contributed by atoms with Crippen molar-refractivity contribution in [1.82, 2.24) is 0 Å². The highest BCUT2D eigenvalue weighted by Gasteiger charge is 2.01. The minimum Gasteiger partial charge on any atom is -0.399 e. The van der Waals surface area contributed by atoms with Crippen LogP contribution in [0.1, 0.15) is 0 Å². The van der Waals surface area contributed by atoms with Gasteiger partial charge in [-0.1, -0.05) is 23.7 Å². The van der Waals surface area contributed by atoms with Gasteiger partial charge in [-0.2, -0.15) is 0 Å². The molecule has 15 heavy (non-hydrogen) atoms. The molecule has 3 heteroatoms. The Morgan fingerprint density at radius 2 is 1.60 bits per heavy atom. The van der Waals surface area contributed by atoms with Gasteiger partial charge in [-0.25, -0.2) is 4.39 Å². The first-order valence-electron chi connectivity index (χ1n) is 4.47. The molecule has 0 bridgehead atoms. The Labute approximate surface area is 92.3 Å². The predicted molar refractivity (Wildman–Crippen MR) is 61.3 cm³/mol. The Morgan fingerprint density at radius 3 is 2.20 bits per heavy atom. The van der Waals surface area contributed by atoms with Crippen LogP contribution >= 0.6 is 11.6 Å². The first kappa shape index (κ1) is 9.99. The van der Waals surface area contributed by atoms with E-state index in [0.717, 1.165) is 11.1 Å². The quantitative estimate of drug-likeness (QED) is 0.730. The van der Waals surface area contributed by atoms with Crippen molar-refractivity contribution in [2.24, 2.45) is 0 Å². The Morgan fingerprint density at radius 1 is 0.933 bits per heavy atom. The Balaban J connectivity index is 2.49. The molecule has 0 aliphatic carbocycles. The van der Waals surface area contributed by atoms with E-state index >= 15 is 0 Å². The van der Waals surface area contributed by atoms with Gasteiger partial charge < -0.3 is 5.73 Å². The van der Waals surface area contributed by atoms with Gasteiger partial charge in [0.25, 0.3) is 0 Å². The molecule has 2 aromatic carbocycles. The fourth-order valence-corrected chi connectivity index (χ4v) is 1.55. The lowest BCUT2D eigenvalue weighted by Gasteiger charge is -2.03. The van der Waals surface area contributed by atoms with E-state index in [2.05, 4.69) is 0 Å². The van der Waals surface area contributed by atoms with Gasteiger partial charge >= 0.3 is 0 Å². The summed E-state index contributed by atoms with van der Waals surface area (Å²) in [6.45, 7) is 0. The minimum absolute atomic E-state index is 0.333. The maximum atomic E-state index is 13.1.